The van der Waals surface area contributed by atoms with E-state index in [1.807, 2.05) is 38.1 Å². The third kappa shape index (κ3) is 6.99. The molecule has 0 spiro atoms. The van der Waals surface area contributed by atoms with Gasteiger partial charge in [0, 0.05) is 17.6 Å². The first-order chi connectivity index (χ1) is 15.5. The highest BCUT2D eigenvalue weighted by Gasteiger charge is 2.30. The lowest BCUT2D eigenvalue weighted by Gasteiger charge is -2.32. The normalized spacial score (nSPS) is 15.1. The van der Waals surface area contributed by atoms with Gasteiger partial charge in [-0.2, -0.15) is 0 Å². The molecule has 0 heterocycles. The van der Waals surface area contributed by atoms with Crippen LogP contribution in [-0.4, -0.2) is 35.4 Å². The third-order valence-electron chi connectivity index (χ3n) is 5.97. The third-order valence-corrected chi connectivity index (χ3v) is 6.20. The van der Waals surface area contributed by atoms with Crippen LogP contribution >= 0.6 is 11.6 Å². The molecule has 0 radical (unpaired) electrons. The quantitative estimate of drug-likeness (QED) is 0.558. The summed E-state index contributed by atoms with van der Waals surface area (Å²) in [6.07, 6.45) is 6.05. The number of amides is 2. The summed E-state index contributed by atoms with van der Waals surface area (Å²) in [7, 11) is 0. The molecule has 2 aromatic rings. The summed E-state index contributed by atoms with van der Waals surface area (Å²) in [4.78, 5) is 28.1. The Bertz CT molecular complexity index is 894. The van der Waals surface area contributed by atoms with Gasteiger partial charge in [0.2, 0.25) is 5.91 Å². The Morgan fingerprint density at radius 1 is 1.12 bits per heavy atom. The fourth-order valence-corrected chi connectivity index (χ4v) is 4.32. The van der Waals surface area contributed by atoms with Gasteiger partial charge in [-0.1, -0.05) is 73.7 Å². The Labute approximate surface area is 196 Å². The van der Waals surface area contributed by atoms with Crippen molar-refractivity contribution in [1.29, 1.82) is 0 Å². The van der Waals surface area contributed by atoms with Gasteiger partial charge in [-0.05, 0) is 49.9 Å². The Balaban J connectivity index is 1.74. The lowest BCUT2D eigenvalue weighted by molar-refractivity contribution is -0.143. The molecule has 0 aromatic heterocycles. The molecule has 1 atom stereocenters. The van der Waals surface area contributed by atoms with Crippen molar-refractivity contribution >= 4 is 23.4 Å². The molecule has 0 aliphatic heterocycles. The van der Waals surface area contributed by atoms with Crippen LogP contribution in [0.25, 0.3) is 0 Å². The fourth-order valence-electron chi connectivity index (χ4n) is 4.14. The predicted molar refractivity (Wildman–Crippen MR) is 128 cm³/mol. The molecule has 32 heavy (non-hydrogen) atoms. The number of hydrogen-bond donors (Lipinski definition) is 1. The summed E-state index contributed by atoms with van der Waals surface area (Å²) in [5, 5.41) is 3.74. The Morgan fingerprint density at radius 2 is 1.84 bits per heavy atom. The van der Waals surface area contributed by atoms with E-state index in [4.69, 9.17) is 16.3 Å². The SMILES string of the molecule is CCC(C(=O)NC1CCCCC1)N(Cc1ccc(C)cc1)C(=O)COc1cccc(Cl)c1. The second-order valence-electron chi connectivity index (χ2n) is 8.52. The average Bonchev–Trinajstić information content (AvgIpc) is 2.79. The fraction of sp³-hybridized carbons (Fsp3) is 0.462. The number of aryl methyl sites for hydroxylation is 1. The van der Waals surface area contributed by atoms with Crippen LogP contribution < -0.4 is 10.1 Å². The molecule has 0 saturated heterocycles. The minimum atomic E-state index is -0.548. The van der Waals surface area contributed by atoms with Gasteiger partial charge < -0.3 is 15.0 Å². The number of rotatable bonds is 9. The van der Waals surface area contributed by atoms with Crippen molar-refractivity contribution < 1.29 is 14.3 Å². The largest absolute Gasteiger partial charge is 0.484 e. The summed E-state index contributed by atoms with van der Waals surface area (Å²) in [6, 6.07) is 14.6. The maximum absolute atomic E-state index is 13.3. The smallest absolute Gasteiger partial charge is 0.261 e. The van der Waals surface area contributed by atoms with Crippen molar-refractivity contribution in [2.75, 3.05) is 6.61 Å². The second kappa shape index (κ2) is 11.9. The zero-order valence-electron chi connectivity index (χ0n) is 19.0. The van der Waals surface area contributed by atoms with Gasteiger partial charge in [-0.3, -0.25) is 9.59 Å². The highest BCUT2D eigenvalue weighted by molar-refractivity contribution is 6.30. The molecule has 2 aromatic carbocycles. The van der Waals surface area contributed by atoms with Crippen molar-refractivity contribution in [2.24, 2.45) is 0 Å². The Hall–Kier alpha value is -2.53. The van der Waals surface area contributed by atoms with Crippen molar-refractivity contribution in [3.8, 4) is 5.75 Å². The molecule has 1 aliphatic rings. The predicted octanol–water partition coefficient (Wildman–Crippen LogP) is 5.28. The van der Waals surface area contributed by atoms with Gasteiger partial charge >= 0.3 is 0 Å². The van der Waals surface area contributed by atoms with Crippen molar-refractivity contribution in [3.63, 3.8) is 0 Å². The van der Waals surface area contributed by atoms with E-state index in [2.05, 4.69) is 5.32 Å². The topological polar surface area (TPSA) is 58.6 Å². The summed E-state index contributed by atoms with van der Waals surface area (Å²) in [5.74, 6) is 0.222. The highest BCUT2D eigenvalue weighted by Crippen LogP contribution is 2.20. The first-order valence-electron chi connectivity index (χ1n) is 11.5. The standard InChI is InChI=1S/C26H33ClN2O3/c1-3-24(26(31)28-22-9-5-4-6-10-22)29(17-20-14-12-19(2)13-15-20)25(30)18-32-23-11-7-8-21(27)16-23/h7-8,11-16,22,24H,3-6,9-10,17-18H2,1-2H3,(H,28,31). The van der Waals surface area contributed by atoms with Crippen LogP contribution in [0.15, 0.2) is 48.5 Å². The molecule has 1 saturated carbocycles. The van der Waals surface area contributed by atoms with Crippen LogP contribution in [0, 0.1) is 6.92 Å². The van der Waals surface area contributed by atoms with Crippen LogP contribution in [0.2, 0.25) is 5.02 Å². The molecule has 1 unspecified atom stereocenters. The molecule has 3 rings (SSSR count). The van der Waals surface area contributed by atoms with Gasteiger partial charge in [-0.15, -0.1) is 0 Å². The van der Waals surface area contributed by atoms with Crippen LogP contribution in [0.4, 0.5) is 0 Å². The van der Waals surface area contributed by atoms with E-state index in [1.54, 1.807) is 29.2 Å². The summed E-state index contributed by atoms with van der Waals surface area (Å²) in [6.45, 7) is 4.17. The first-order valence-corrected chi connectivity index (χ1v) is 11.9. The number of halogens is 1. The van der Waals surface area contributed by atoms with E-state index < -0.39 is 6.04 Å². The number of nitrogens with one attached hydrogen (secondary N) is 1. The summed E-state index contributed by atoms with van der Waals surface area (Å²) in [5.41, 5.74) is 2.13. The van der Waals surface area contributed by atoms with Crippen LogP contribution in [0.3, 0.4) is 0 Å². The molecule has 1 aliphatic carbocycles. The molecule has 0 bridgehead atoms. The van der Waals surface area contributed by atoms with E-state index in [9.17, 15) is 9.59 Å². The van der Waals surface area contributed by atoms with Crippen LogP contribution in [-0.2, 0) is 16.1 Å². The van der Waals surface area contributed by atoms with Gasteiger partial charge in [0.25, 0.3) is 5.91 Å². The molecule has 1 N–H and O–H groups in total. The number of carbonyl (C=O) groups excluding carboxylic acids is 2. The van der Waals surface area contributed by atoms with Gasteiger partial charge in [-0.25, -0.2) is 0 Å². The zero-order chi connectivity index (χ0) is 22.9. The summed E-state index contributed by atoms with van der Waals surface area (Å²) >= 11 is 6.02. The molecule has 172 valence electrons. The summed E-state index contributed by atoms with van der Waals surface area (Å²) < 4.78 is 5.70. The monoisotopic (exact) mass is 456 g/mol. The lowest BCUT2D eigenvalue weighted by atomic mass is 9.95. The molecular weight excluding hydrogens is 424 g/mol. The first kappa shape index (κ1) is 24.1. The average molecular weight is 457 g/mol. The van der Waals surface area contributed by atoms with Crippen LogP contribution in [0.5, 0.6) is 5.75 Å². The Kier molecular flexibility index (Phi) is 8.98. The van der Waals surface area contributed by atoms with Crippen LogP contribution in [0.1, 0.15) is 56.6 Å². The minimum absolute atomic E-state index is 0.0809. The maximum atomic E-state index is 13.3. The van der Waals surface area contributed by atoms with Crippen molar-refractivity contribution in [1.82, 2.24) is 10.2 Å². The number of hydrogen-bond acceptors (Lipinski definition) is 3. The molecular formula is C26H33ClN2O3. The number of ether oxygens (including phenoxy) is 1. The highest BCUT2D eigenvalue weighted by atomic mass is 35.5. The Morgan fingerprint density at radius 3 is 2.50 bits per heavy atom. The number of benzene rings is 2. The number of nitrogens with zero attached hydrogens (tertiary/aromatic N) is 1. The van der Waals surface area contributed by atoms with E-state index in [0.29, 0.717) is 23.7 Å². The van der Waals surface area contributed by atoms with Gasteiger partial charge in [0.05, 0.1) is 0 Å². The van der Waals surface area contributed by atoms with E-state index in [0.717, 1.165) is 36.8 Å². The molecule has 5 nitrogen and oxygen atoms in total. The van der Waals surface area contributed by atoms with Gasteiger partial charge in [0.15, 0.2) is 6.61 Å². The maximum Gasteiger partial charge on any atom is 0.261 e. The van der Waals surface area contributed by atoms with Crippen molar-refractivity contribution in [3.05, 3.63) is 64.7 Å². The number of carbonyl (C=O) groups is 2. The van der Waals surface area contributed by atoms with E-state index in [-0.39, 0.29) is 24.5 Å². The zero-order valence-corrected chi connectivity index (χ0v) is 19.7. The van der Waals surface area contributed by atoms with Gasteiger partial charge in [0.1, 0.15) is 11.8 Å². The second-order valence-corrected chi connectivity index (χ2v) is 8.96. The van der Waals surface area contributed by atoms with E-state index >= 15 is 0 Å². The molecule has 1 fully saturated rings. The molecule has 6 heteroatoms. The minimum Gasteiger partial charge on any atom is -0.484 e. The van der Waals surface area contributed by atoms with Crippen molar-refractivity contribution in [2.45, 2.75) is 71.0 Å². The molecule has 2 amide bonds. The van der Waals surface area contributed by atoms with E-state index in [1.165, 1.54) is 6.42 Å². The lowest BCUT2D eigenvalue weighted by Crippen LogP contribution is -2.52.